The maximum Gasteiger partial charge on any atom is 0.222 e. The third-order valence-corrected chi connectivity index (χ3v) is 3.30. The fourth-order valence-electron chi connectivity index (χ4n) is 2.09. The molecular formula is C13H17ClN2O2. The van der Waals surface area contributed by atoms with Crippen LogP contribution in [0.1, 0.15) is 19.3 Å². The Balaban J connectivity index is 2.04. The van der Waals surface area contributed by atoms with Crippen molar-refractivity contribution in [1.29, 1.82) is 0 Å². The number of halogens is 1. The number of hydrogen-bond acceptors (Lipinski definition) is 3. The Hall–Kier alpha value is -1.42. The van der Waals surface area contributed by atoms with Gasteiger partial charge < -0.3 is 15.4 Å². The van der Waals surface area contributed by atoms with Gasteiger partial charge >= 0.3 is 0 Å². The zero-order valence-electron chi connectivity index (χ0n) is 10.3. The molecule has 1 aliphatic heterocycles. The first kappa shape index (κ1) is 13.0. The summed E-state index contributed by atoms with van der Waals surface area (Å²) in [6.45, 7) is 0.764. The van der Waals surface area contributed by atoms with Crippen molar-refractivity contribution in [3.63, 3.8) is 0 Å². The highest BCUT2D eigenvalue weighted by molar-refractivity contribution is 6.32. The predicted molar refractivity (Wildman–Crippen MR) is 72.3 cm³/mol. The Morgan fingerprint density at radius 3 is 3.06 bits per heavy atom. The van der Waals surface area contributed by atoms with Gasteiger partial charge in [-0.05, 0) is 31.0 Å². The summed E-state index contributed by atoms with van der Waals surface area (Å²) in [7, 11) is 1.59. The van der Waals surface area contributed by atoms with Crippen molar-refractivity contribution >= 4 is 23.2 Å². The molecule has 2 rings (SSSR count). The molecule has 1 amide bonds. The second-order valence-electron chi connectivity index (χ2n) is 4.39. The monoisotopic (exact) mass is 268 g/mol. The molecule has 1 aromatic carbocycles. The summed E-state index contributed by atoms with van der Waals surface area (Å²) < 4.78 is 5.10. The average Bonchev–Trinajstić information content (AvgIpc) is 2.54. The minimum atomic E-state index is 0.101. The highest BCUT2D eigenvalue weighted by Crippen LogP contribution is 2.28. The van der Waals surface area contributed by atoms with E-state index in [9.17, 15) is 4.79 Å². The molecule has 1 aliphatic rings. The largest absolute Gasteiger partial charge is 0.495 e. The van der Waals surface area contributed by atoms with E-state index in [1.807, 2.05) is 18.2 Å². The number of ether oxygens (including phenoxy) is 1. The number of benzene rings is 1. The van der Waals surface area contributed by atoms with Crippen LogP contribution in [0.5, 0.6) is 5.75 Å². The highest BCUT2D eigenvalue weighted by Gasteiger charge is 2.17. The van der Waals surface area contributed by atoms with Crippen molar-refractivity contribution in [2.75, 3.05) is 19.0 Å². The molecule has 0 bridgehead atoms. The summed E-state index contributed by atoms with van der Waals surface area (Å²) in [5.41, 5.74) is 0.917. The van der Waals surface area contributed by atoms with Gasteiger partial charge in [-0.3, -0.25) is 4.79 Å². The summed E-state index contributed by atoms with van der Waals surface area (Å²) in [4.78, 5) is 11.5. The van der Waals surface area contributed by atoms with Crippen LogP contribution in [-0.4, -0.2) is 25.6 Å². The van der Waals surface area contributed by atoms with Crippen LogP contribution in [0, 0.1) is 0 Å². The molecule has 1 fully saturated rings. The molecule has 1 saturated heterocycles. The third-order valence-electron chi connectivity index (χ3n) is 3.01. The van der Waals surface area contributed by atoms with E-state index in [4.69, 9.17) is 16.3 Å². The van der Waals surface area contributed by atoms with E-state index in [0.717, 1.165) is 25.1 Å². The maximum atomic E-state index is 11.5. The Morgan fingerprint density at radius 2 is 2.33 bits per heavy atom. The molecule has 0 aliphatic carbocycles. The molecule has 5 heteroatoms. The van der Waals surface area contributed by atoms with Gasteiger partial charge in [0, 0.05) is 24.7 Å². The van der Waals surface area contributed by atoms with Crippen LogP contribution in [0.3, 0.4) is 0 Å². The number of anilines is 1. The van der Waals surface area contributed by atoms with E-state index in [0.29, 0.717) is 17.2 Å². The van der Waals surface area contributed by atoms with Gasteiger partial charge in [-0.2, -0.15) is 0 Å². The number of carbonyl (C=O) groups is 1. The van der Waals surface area contributed by atoms with E-state index >= 15 is 0 Å². The Labute approximate surface area is 112 Å². The van der Waals surface area contributed by atoms with Crippen LogP contribution in [0.2, 0.25) is 5.02 Å². The minimum absolute atomic E-state index is 0.101. The third kappa shape index (κ3) is 3.29. The van der Waals surface area contributed by atoms with E-state index in [1.54, 1.807) is 7.11 Å². The quantitative estimate of drug-likeness (QED) is 0.885. The first-order valence-electron chi connectivity index (χ1n) is 6.06. The van der Waals surface area contributed by atoms with E-state index in [1.165, 1.54) is 0 Å². The summed E-state index contributed by atoms with van der Waals surface area (Å²) in [5, 5.41) is 6.78. The molecule has 0 aromatic heterocycles. The summed E-state index contributed by atoms with van der Waals surface area (Å²) >= 11 is 6.06. The number of rotatable bonds is 3. The van der Waals surface area contributed by atoms with Crippen LogP contribution in [0.4, 0.5) is 5.69 Å². The Kier molecular flexibility index (Phi) is 4.31. The first-order valence-corrected chi connectivity index (χ1v) is 6.43. The topological polar surface area (TPSA) is 50.4 Å². The van der Waals surface area contributed by atoms with Gasteiger partial charge in [0.05, 0.1) is 12.1 Å². The van der Waals surface area contributed by atoms with Gasteiger partial charge in [0.2, 0.25) is 5.91 Å². The second-order valence-corrected chi connectivity index (χ2v) is 4.79. The minimum Gasteiger partial charge on any atom is -0.495 e. The number of amides is 1. The Bertz CT molecular complexity index is 437. The fourth-order valence-corrected chi connectivity index (χ4v) is 2.35. The predicted octanol–water partition coefficient (Wildman–Crippen LogP) is 2.43. The molecule has 1 atom stereocenters. The lowest BCUT2D eigenvalue weighted by Crippen LogP contribution is -2.26. The molecule has 18 heavy (non-hydrogen) atoms. The zero-order chi connectivity index (χ0) is 13.0. The molecule has 4 nitrogen and oxygen atoms in total. The van der Waals surface area contributed by atoms with E-state index in [2.05, 4.69) is 10.6 Å². The molecule has 0 saturated carbocycles. The van der Waals surface area contributed by atoms with Crippen LogP contribution in [0.15, 0.2) is 18.2 Å². The molecule has 1 heterocycles. The van der Waals surface area contributed by atoms with E-state index < -0.39 is 0 Å². The molecule has 0 radical (unpaired) electrons. The fraction of sp³-hybridized carbons (Fsp3) is 0.462. The smallest absolute Gasteiger partial charge is 0.222 e. The second kappa shape index (κ2) is 5.96. The number of carbonyl (C=O) groups excluding carboxylic acids is 1. The van der Waals surface area contributed by atoms with Crippen molar-refractivity contribution in [3.8, 4) is 5.75 Å². The van der Waals surface area contributed by atoms with Gasteiger partial charge in [0.15, 0.2) is 0 Å². The number of hydrogen-bond donors (Lipinski definition) is 2. The van der Waals surface area contributed by atoms with Crippen LogP contribution >= 0.6 is 11.6 Å². The molecule has 1 aromatic rings. The number of nitrogens with one attached hydrogen (secondary N) is 2. The van der Waals surface area contributed by atoms with Crippen molar-refractivity contribution in [2.24, 2.45) is 0 Å². The first-order chi connectivity index (χ1) is 8.69. The van der Waals surface area contributed by atoms with E-state index in [-0.39, 0.29) is 11.9 Å². The zero-order valence-corrected chi connectivity index (χ0v) is 11.1. The lowest BCUT2D eigenvalue weighted by atomic mass is 10.1. The summed E-state index contributed by atoms with van der Waals surface area (Å²) in [6, 6.07) is 5.72. The van der Waals surface area contributed by atoms with Crippen LogP contribution in [-0.2, 0) is 4.79 Å². The maximum absolute atomic E-state index is 11.5. The average molecular weight is 269 g/mol. The SMILES string of the molecule is COc1ccc(NC2CCCNC(=O)C2)cc1Cl. The Morgan fingerprint density at radius 1 is 1.50 bits per heavy atom. The summed E-state index contributed by atoms with van der Waals surface area (Å²) in [5.74, 6) is 0.755. The van der Waals surface area contributed by atoms with Gasteiger partial charge in [0.25, 0.3) is 0 Å². The number of methoxy groups -OCH3 is 1. The standard InChI is InChI=1S/C13H17ClN2O2/c1-18-12-5-4-10(7-11(12)14)16-9-3-2-6-15-13(17)8-9/h4-5,7,9,16H,2-3,6,8H2,1H3,(H,15,17). The normalized spacial score (nSPS) is 19.9. The molecule has 98 valence electrons. The van der Waals surface area contributed by atoms with Crippen molar-refractivity contribution in [1.82, 2.24) is 5.32 Å². The van der Waals surface area contributed by atoms with Crippen molar-refractivity contribution in [3.05, 3.63) is 23.2 Å². The molecular weight excluding hydrogens is 252 g/mol. The summed E-state index contributed by atoms with van der Waals surface area (Å²) in [6.07, 6.45) is 2.47. The van der Waals surface area contributed by atoms with Crippen LogP contribution in [0.25, 0.3) is 0 Å². The van der Waals surface area contributed by atoms with Crippen molar-refractivity contribution < 1.29 is 9.53 Å². The van der Waals surface area contributed by atoms with Crippen LogP contribution < -0.4 is 15.4 Å². The van der Waals surface area contributed by atoms with Gasteiger partial charge in [-0.15, -0.1) is 0 Å². The lowest BCUT2D eigenvalue weighted by Gasteiger charge is -2.17. The van der Waals surface area contributed by atoms with Crippen molar-refractivity contribution in [2.45, 2.75) is 25.3 Å². The lowest BCUT2D eigenvalue weighted by molar-refractivity contribution is -0.120. The molecule has 0 spiro atoms. The van der Waals surface area contributed by atoms with Gasteiger partial charge in [-0.1, -0.05) is 11.6 Å². The molecule has 2 N–H and O–H groups in total. The molecule has 1 unspecified atom stereocenters. The van der Waals surface area contributed by atoms with Gasteiger partial charge in [0.1, 0.15) is 5.75 Å². The highest BCUT2D eigenvalue weighted by atomic mass is 35.5. The van der Waals surface area contributed by atoms with Gasteiger partial charge in [-0.25, -0.2) is 0 Å².